The number of methoxy groups -OCH3 is 1. The standard InChI is InChI=1S/C19H29ClN4O2/c1-19(2,26-4)14-22-18(21-3)24-10-8-23(9-11-24)17(25)13-15-6-5-7-16(20)12-15/h5-7,12H,8-11,13-14H2,1-4H3,(H,21,22). The molecule has 1 aliphatic rings. The lowest BCUT2D eigenvalue weighted by Crippen LogP contribution is -2.55. The molecule has 144 valence electrons. The molecule has 2 rings (SSSR count). The maximum absolute atomic E-state index is 12.5. The Morgan fingerprint density at radius 3 is 2.50 bits per heavy atom. The minimum absolute atomic E-state index is 0.135. The Balaban J connectivity index is 1.84. The third-order valence-electron chi connectivity index (χ3n) is 4.61. The first-order valence-corrected chi connectivity index (χ1v) is 9.25. The highest BCUT2D eigenvalue weighted by Gasteiger charge is 2.24. The predicted molar refractivity (Wildman–Crippen MR) is 106 cm³/mol. The summed E-state index contributed by atoms with van der Waals surface area (Å²) in [6, 6.07) is 7.47. The second-order valence-electron chi connectivity index (χ2n) is 7.04. The van der Waals surface area contributed by atoms with Gasteiger partial charge in [0.15, 0.2) is 5.96 Å². The van der Waals surface area contributed by atoms with Crippen molar-refractivity contribution in [1.82, 2.24) is 15.1 Å². The number of piperazine rings is 1. The van der Waals surface area contributed by atoms with Crippen LogP contribution in [0.4, 0.5) is 0 Å². The van der Waals surface area contributed by atoms with Crippen molar-refractivity contribution >= 4 is 23.5 Å². The summed E-state index contributed by atoms with van der Waals surface area (Å²) in [5.41, 5.74) is 0.689. The van der Waals surface area contributed by atoms with Crippen molar-refractivity contribution in [3.63, 3.8) is 0 Å². The molecule has 0 saturated carbocycles. The lowest BCUT2D eigenvalue weighted by atomic mass is 10.1. The van der Waals surface area contributed by atoms with E-state index in [2.05, 4.69) is 15.2 Å². The molecule has 1 aliphatic heterocycles. The van der Waals surface area contributed by atoms with Gasteiger partial charge in [-0.2, -0.15) is 0 Å². The summed E-state index contributed by atoms with van der Waals surface area (Å²) in [6.07, 6.45) is 0.384. The number of halogens is 1. The first-order chi connectivity index (χ1) is 12.3. The van der Waals surface area contributed by atoms with Crippen molar-refractivity contribution in [2.75, 3.05) is 46.9 Å². The number of ether oxygens (including phenoxy) is 1. The van der Waals surface area contributed by atoms with E-state index in [0.29, 0.717) is 31.1 Å². The van der Waals surface area contributed by atoms with Gasteiger partial charge in [0.05, 0.1) is 12.0 Å². The first kappa shape index (κ1) is 20.5. The summed E-state index contributed by atoms with van der Waals surface area (Å²) < 4.78 is 5.44. The highest BCUT2D eigenvalue weighted by atomic mass is 35.5. The van der Waals surface area contributed by atoms with Crippen LogP contribution in [0, 0.1) is 0 Å². The number of nitrogens with zero attached hydrogens (tertiary/aromatic N) is 3. The molecule has 26 heavy (non-hydrogen) atoms. The van der Waals surface area contributed by atoms with Crippen LogP contribution in [-0.4, -0.2) is 74.1 Å². The van der Waals surface area contributed by atoms with E-state index in [-0.39, 0.29) is 11.5 Å². The molecule has 1 saturated heterocycles. The Bertz CT molecular complexity index is 640. The number of amides is 1. The molecule has 1 fully saturated rings. The topological polar surface area (TPSA) is 57.2 Å². The molecule has 0 unspecified atom stereocenters. The smallest absolute Gasteiger partial charge is 0.227 e. The monoisotopic (exact) mass is 380 g/mol. The molecule has 0 atom stereocenters. The number of carbonyl (C=O) groups excluding carboxylic acids is 1. The van der Waals surface area contributed by atoms with Gasteiger partial charge in [0.25, 0.3) is 0 Å². The predicted octanol–water partition coefficient (Wildman–Crippen LogP) is 2.03. The van der Waals surface area contributed by atoms with Gasteiger partial charge < -0.3 is 19.9 Å². The third-order valence-corrected chi connectivity index (χ3v) is 4.85. The molecule has 1 heterocycles. The van der Waals surface area contributed by atoms with Gasteiger partial charge in [-0.25, -0.2) is 0 Å². The number of guanidine groups is 1. The van der Waals surface area contributed by atoms with Crippen molar-refractivity contribution < 1.29 is 9.53 Å². The van der Waals surface area contributed by atoms with Crippen LogP contribution >= 0.6 is 11.6 Å². The molecule has 0 bridgehead atoms. The summed E-state index contributed by atoms with van der Waals surface area (Å²) >= 11 is 6.00. The van der Waals surface area contributed by atoms with E-state index in [1.807, 2.05) is 43.0 Å². The van der Waals surface area contributed by atoms with Crippen molar-refractivity contribution in [1.29, 1.82) is 0 Å². The van der Waals surface area contributed by atoms with Gasteiger partial charge in [-0.3, -0.25) is 9.79 Å². The Morgan fingerprint density at radius 2 is 1.92 bits per heavy atom. The van der Waals surface area contributed by atoms with Crippen LogP contribution in [0.2, 0.25) is 5.02 Å². The fraction of sp³-hybridized carbons (Fsp3) is 0.579. The molecule has 0 spiro atoms. The Kier molecular flexibility index (Phi) is 7.29. The number of carbonyl (C=O) groups is 1. The zero-order valence-electron chi connectivity index (χ0n) is 16.1. The average Bonchev–Trinajstić information content (AvgIpc) is 2.62. The minimum atomic E-state index is -0.259. The van der Waals surface area contributed by atoms with Crippen LogP contribution in [0.5, 0.6) is 0 Å². The first-order valence-electron chi connectivity index (χ1n) is 8.87. The largest absolute Gasteiger partial charge is 0.377 e. The van der Waals surface area contributed by atoms with Gasteiger partial charge in [0.2, 0.25) is 5.91 Å². The van der Waals surface area contributed by atoms with Gasteiger partial charge in [0, 0.05) is 51.9 Å². The molecule has 0 aliphatic carbocycles. The zero-order chi connectivity index (χ0) is 19.2. The molecular weight excluding hydrogens is 352 g/mol. The van der Waals surface area contributed by atoms with E-state index in [1.54, 1.807) is 14.2 Å². The summed E-state index contributed by atoms with van der Waals surface area (Å²) in [4.78, 5) is 21.0. The van der Waals surface area contributed by atoms with Crippen LogP contribution in [0.25, 0.3) is 0 Å². The number of hydrogen-bond acceptors (Lipinski definition) is 3. The van der Waals surface area contributed by atoms with E-state index in [1.165, 1.54) is 0 Å². The molecule has 0 radical (unpaired) electrons. The maximum Gasteiger partial charge on any atom is 0.227 e. The van der Waals surface area contributed by atoms with Crippen LogP contribution in [0.15, 0.2) is 29.3 Å². The molecule has 1 N–H and O–H groups in total. The van der Waals surface area contributed by atoms with Crippen molar-refractivity contribution in [2.45, 2.75) is 25.9 Å². The van der Waals surface area contributed by atoms with E-state index < -0.39 is 0 Å². The van der Waals surface area contributed by atoms with Crippen LogP contribution in [-0.2, 0) is 16.0 Å². The van der Waals surface area contributed by atoms with E-state index in [4.69, 9.17) is 16.3 Å². The van der Waals surface area contributed by atoms with Crippen LogP contribution < -0.4 is 5.32 Å². The molecule has 1 amide bonds. The van der Waals surface area contributed by atoms with Crippen LogP contribution in [0.1, 0.15) is 19.4 Å². The molecule has 6 nitrogen and oxygen atoms in total. The summed E-state index contributed by atoms with van der Waals surface area (Å²) in [5.74, 6) is 0.979. The number of benzene rings is 1. The molecular formula is C19H29ClN4O2. The van der Waals surface area contributed by atoms with E-state index in [0.717, 1.165) is 24.6 Å². The summed E-state index contributed by atoms with van der Waals surface area (Å²) in [6.45, 7) is 7.62. The second kappa shape index (κ2) is 9.24. The lowest BCUT2D eigenvalue weighted by molar-refractivity contribution is -0.131. The highest BCUT2D eigenvalue weighted by Crippen LogP contribution is 2.13. The van der Waals surface area contributed by atoms with Gasteiger partial charge >= 0.3 is 0 Å². The van der Waals surface area contributed by atoms with Crippen molar-refractivity contribution in [3.05, 3.63) is 34.9 Å². The number of rotatable bonds is 5. The number of aliphatic imine (C=N–C) groups is 1. The van der Waals surface area contributed by atoms with Gasteiger partial charge in [-0.15, -0.1) is 0 Å². The third kappa shape index (κ3) is 5.88. The van der Waals surface area contributed by atoms with Crippen LogP contribution in [0.3, 0.4) is 0 Å². The normalized spacial score (nSPS) is 16.0. The SMILES string of the molecule is CN=C(NCC(C)(C)OC)N1CCN(C(=O)Cc2cccc(Cl)c2)CC1. The fourth-order valence-corrected chi connectivity index (χ4v) is 3.01. The van der Waals surface area contributed by atoms with Gasteiger partial charge in [-0.05, 0) is 31.5 Å². The fourth-order valence-electron chi connectivity index (χ4n) is 2.80. The number of hydrogen-bond donors (Lipinski definition) is 1. The van der Waals surface area contributed by atoms with E-state index >= 15 is 0 Å². The summed E-state index contributed by atoms with van der Waals surface area (Å²) in [7, 11) is 3.48. The van der Waals surface area contributed by atoms with Gasteiger partial charge in [0.1, 0.15) is 0 Å². The lowest BCUT2D eigenvalue weighted by Gasteiger charge is -2.37. The molecule has 0 aromatic heterocycles. The molecule has 1 aromatic carbocycles. The average molecular weight is 381 g/mol. The van der Waals surface area contributed by atoms with E-state index in [9.17, 15) is 4.79 Å². The molecule has 1 aromatic rings. The van der Waals surface area contributed by atoms with Gasteiger partial charge in [-0.1, -0.05) is 23.7 Å². The Morgan fingerprint density at radius 1 is 1.27 bits per heavy atom. The zero-order valence-corrected chi connectivity index (χ0v) is 16.8. The Hall–Kier alpha value is -1.79. The highest BCUT2D eigenvalue weighted by molar-refractivity contribution is 6.30. The maximum atomic E-state index is 12.5. The molecule has 7 heteroatoms. The summed E-state index contributed by atoms with van der Waals surface area (Å²) in [5, 5.41) is 4.01. The quantitative estimate of drug-likeness (QED) is 0.627. The minimum Gasteiger partial charge on any atom is -0.377 e. The number of nitrogens with one attached hydrogen (secondary N) is 1. The Labute approximate surface area is 161 Å². The second-order valence-corrected chi connectivity index (χ2v) is 7.48. The van der Waals surface area contributed by atoms with Crippen molar-refractivity contribution in [3.8, 4) is 0 Å². The van der Waals surface area contributed by atoms with Crippen molar-refractivity contribution in [2.24, 2.45) is 4.99 Å².